The predicted molar refractivity (Wildman–Crippen MR) is 114 cm³/mol. The Labute approximate surface area is 170 Å². The number of nitrogens with one attached hydrogen (secondary N) is 1. The SMILES string of the molecule is CC(COc1ccc(C(C)(C)C)cc1)NC(=O)Cn1c(=O)cnc2ccccc21. The van der Waals surface area contributed by atoms with Crippen molar-refractivity contribution in [2.75, 3.05) is 6.61 Å². The molecule has 1 heterocycles. The van der Waals surface area contributed by atoms with Crippen LogP contribution in [-0.4, -0.2) is 28.1 Å². The van der Waals surface area contributed by atoms with Crippen molar-refractivity contribution in [3.05, 3.63) is 70.6 Å². The van der Waals surface area contributed by atoms with Crippen LogP contribution in [0.1, 0.15) is 33.3 Å². The second kappa shape index (κ2) is 8.47. The number of amides is 1. The molecule has 6 nitrogen and oxygen atoms in total. The number of carbonyl (C=O) groups is 1. The van der Waals surface area contributed by atoms with Gasteiger partial charge in [-0.2, -0.15) is 0 Å². The first kappa shape index (κ1) is 20.6. The molecule has 1 unspecified atom stereocenters. The number of aromatic nitrogens is 2. The molecule has 1 aromatic heterocycles. The van der Waals surface area contributed by atoms with Gasteiger partial charge in [0, 0.05) is 0 Å². The van der Waals surface area contributed by atoms with Crippen molar-refractivity contribution in [2.24, 2.45) is 0 Å². The Hall–Kier alpha value is -3.15. The third-order valence-electron chi connectivity index (χ3n) is 4.68. The van der Waals surface area contributed by atoms with Gasteiger partial charge in [0.15, 0.2) is 0 Å². The Morgan fingerprint density at radius 3 is 2.52 bits per heavy atom. The van der Waals surface area contributed by atoms with E-state index in [0.29, 0.717) is 17.6 Å². The summed E-state index contributed by atoms with van der Waals surface area (Å²) in [5.41, 5.74) is 2.34. The van der Waals surface area contributed by atoms with Crippen LogP contribution >= 0.6 is 0 Å². The number of benzene rings is 2. The molecule has 0 saturated heterocycles. The van der Waals surface area contributed by atoms with Crippen LogP contribution in [-0.2, 0) is 16.8 Å². The number of para-hydroxylation sites is 2. The Kier molecular flexibility index (Phi) is 6.01. The molecule has 0 fully saturated rings. The number of rotatable bonds is 6. The molecule has 2 aromatic carbocycles. The van der Waals surface area contributed by atoms with Gasteiger partial charge in [0.25, 0.3) is 5.56 Å². The molecule has 0 aliphatic rings. The van der Waals surface area contributed by atoms with Crippen molar-refractivity contribution in [3.8, 4) is 5.75 Å². The zero-order chi connectivity index (χ0) is 21.0. The highest BCUT2D eigenvalue weighted by Crippen LogP contribution is 2.24. The molecular formula is C23H27N3O3. The number of hydrogen-bond donors (Lipinski definition) is 1. The van der Waals surface area contributed by atoms with Gasteiger partial charge in [-0.3, -0.25) is 14.2 Å². The summed E-state index contributed by atoms with van der Waals surface area (Å²) in [6.45, 7) is 8.64. The van der Waals surface area contributed by atoms with Crippen LogP contribution in [0.15, 0.2) is 59.5 Å². The van der Waals surface area contributed by atoms with Crippen molar-refractivity contribution in [2.45, 2.75) is 45.7 Å². The zero-order valence-electron chi connectivity index (χ0n) is 17.3. The van der Waals surface area contributed by atoms with Gasteiger partial charge in [-0.15, -0.1) is 0 Å². The van der Waals surface area contributed by atoms with E-state index < -0.39 is 0 Å². The maximum atomic E-state index is 12.4. The van der Waals surface area contributed by atoms with Gasteiger partial charge in [0.1, 0.15) is 18.9 Å². The molecule has 0 saturated carbocycles. The van der Waals surface area contributed by atoms with E-state index in [1.54, 1.807) is 6.07 Å². The molecule has 1 atom stereocenters. The first-order valence-electron chi connectivity index (χ1n) is 9.71. The van der Waals surface area contributed by atoms with Crippen molar-refractivity contribution >= 4 is 16.9 Å². The van der Waals surface area contributed by atoms with Crippen LogP contribution in [0.4, 0.5) is 0 Å². The fourth-order valence-electron chi connectivity index (χ4n) is 3.06. The van der Waals surface area contributed by atoms with Crippen LogP contribution in [0.5, 0.6) is 5.75 Å². The summed E-state index contributed by atoms with van der Waals surface area (Å²) in [6.07, 6.45) is 1.24. The van der Waals surface area contributed by atoms with Crippen LogP contribution < -0.4 is 15.6 Å². The normalized spacial score (nSPS) is 12.6. The minimum absolute atomic E-state index is 0.0630. The summed E-state index contributed by atoms with van der Waals surface area (Å²) in [5, 5.41) is 2.88. The number of fused-ring (bicyclic) bond motifs is 1. The van der Waals surface area contributed by atoms with Gasteiger partial charge >= 0.3 is 0 Å². The minimum atomic E-state index is -0.304. The number of ether oxygens (including phenoxy) is 1. The highest BCUT2D eigenvalue weighted by molar-refractivity contribution is 5.80. The predicted octanol–water partition coefficient (Wildman–Crippen LogP) is 3.28. The molecule has 0 aliphatic heterocycles. The Balaban J connectivity index is 1.58. The monoisotopic (exact) mass is 393 g/mol. The van der Waals surface area contributed by atoms with Crippen LogP contribution in [0, 0.1) is 0 Å². The van der Waals surface area contributed by atoms with Gasteiger partial charge in [0.2, 0.25) is 5.91 Å². The smallest absolute Gasteiger partial charge is 0.269 e. The van der Waals surface area contributed by atoms with E-state index in [1.807, 2.05) is 37.3 Å². The summed E-state index contributed by atoms with van der Waals surface area (Å²) in [7, 11) is 0. The van der Waals surface area contributed by atoms with E-state index in [2.05, 4.69) is 43.2 Å². The van der Waals surface area contributed by atoms with E-state index in [0.717, 1.165) is 5.75 Å². The van der Waals surface area contributed by atoms with E-state index >= 15 is 0 Å². The average Bonchev–Trinajstić information content (AvgIpc) is 2.68. The van der Waals surface area contributed by atoms with E-state index in [-0.39, 0.29) is 29.5 Å². The molecule has 6 heteroatoms. The lowest BCUT2D eigenvalue weighted by molar-refractivity contribution is -0.122. The molecule has 1 amide bonds. The van der Waals surface area contributed by atoms with Crippen LogP contribution in [0.25, 0.3) is 11.0 Å². The first-order valence-corrected chi connectivity index (χ1v) is 9.71. The summed E-state index contributed by atoms with van der Waals surface area (Å²) < 4.78 is 7.21. The van der Waals surface area contributed by atoms with Crippen LogP contribution in [0.2, 0.25) is 0 Å². The second-order valence-electron chi connectivity index (χ2n) is 8.23. The Morgan fingerprint density at radius 1 is 1.14 bits per heavy atom. The lowest BCUT2D eigenvalue weighted by Crippen LogP contribution is -2.40. The molecule has 29 heavy (non-hydrogen) atoms. The fraction of sp³-hybridized carbons (Fsp3) is 0.348. The Morgan fingerprint density at radius 2 is 1.83 bits per heavy atom. The molecule has 1 N–H and O–H groups in total. The van der Waals surface area contributed by atoms with Gasteiger partial charge < -0.3 is 10.1 Å². The van der Waals surface area contributed by atoms with Crippen molar-refractivity contribution in [3.63, 3.8) is 0 Å². The summed E-state index contributed by atoms with van der Waals surface area (Å²) in [6, 6.07) is 15.1. The largest absolute Gasteiger partial charge is 0.491 e. The standard InChI is InChI=1S/C23H27N3O3/c1-16(15-29-18-11-9-17(10-12-18)23(2,3)4)25-21(27)14-26-20-8-6-5-7-19(20)24-13-22(26)28/h5-13,16H,14-15H2,1-4H3,(H,25,27). The fourth-order valence-corrected chi connectivity index (χ4v) is 3.06. The second-order valence-corrected chi connectivity index (χ2v) is 8.23. The molecule has 0 spiro atoms. The van der Waals surface area contributed by atoms with Crippen LogP contribution in [0.3, 0.4) is 0 Å². The third kappa shape index (κ3) is 5.22. The highest BCUT2D eigenvalue weighted by Gasteiger charge is 2.14. The summed E-state index contributed by atoms with van der Waals surface area (Å²) >= 11 is 0. The molecule has 3 aromatic rings. The van der Waals surface area contributed by atoms with Crippen molar-refractivity contribution in [1.29, 1.82) is 0 Å². The number of hydrogen-bond acceptors (Lipinski definition) is 4. The van der Waals surface area contributed by atoms with Gasteiger partial charge in [-0.05, 0) is 42.2 Å². The topological polar surface area (TPSA) is 73.2 Å². The van der Waals surface area contributed by atoms with Crippen molar-refractivity contribution < 1.29 is 9.53 Å². The molecule has 0 radical (unpaired) electrons. The van der Waals surface area contributed by atoms with E-state index in [9.17, 15) is 9.59 Å². The van der Waals surface area contributed by atoms with Gasteiger partial charge in [-0.1, -0.05) is 45.0 Å². The lowest BCUT2D eigenvalue weighted by Gasteiger charge is -2.20. The Bertz CT molecular complexity index is 1050. The molecule has 152 valence electrons. The molecule has 0 aliphatic carbocycles. The summed E-state index contributed by atoms with van der Waals surface area (Å²) in [5.74, 6) is 0.512. The molecule has 3 rings (SSSR count). The summed E-state index contributed by atoms with van der Waals surface area (Å²) in [4.78, 5) is 28.7. The number of nitrogens with zero attached hydrogens (tertiary/aromatic N) is 2. The average molecular weight is 393 g/mol. The third-order valence-corrected chi connectivity index (χ3v) is 4.68. The van der Waals surface area contributed by atoms with E-state index in [4.69, 9.17) is 4.74 Å². The van der Waals surface area contributed by atoms with Gasteiger partial charge in [-0.25, -0.2) is 4.98 Å². The van der Waals surface area contributed by atoms with E-state index in [1.165, 1.54) is 16.3 Å². The molecule has 0 bridgehead atoms. The first-order chi connectivity index (χ1) is 13.7. The van der Waals surface area contributed by atoms with Gasteiger partial charge in [0.05, 0.1) is 23.3 Å². The van der Waals surface area contributed by atoms with Crippen molar-refractivity contribution in [1.82, 2.24) is 14.9 Å². The lowest BCUT2D eigenvalue weighted by atomic mass is 9.87. The quantitative estimate of drug-likeness (QED) is 0.698. The highest BCUT2D eigenvalue weighted by atomic mass is 16.5. The maximum absolute atomic E-state index is 12.4. The minimum Gasteiger partial charge on any atom is -0.491 e. The zero-order valence-corrected chi connectivity index (χ0v) is 17.3. The maximum Gasteiger partial charge on any atom is 0.269 e. The molecular weight excluding hydrogens is 366 g/mol. The number of carbonyl (C=O) groups excluding carboxylic acids is 1.